The van der Waals surface area contributed by atoms with Crippen molar-refractivity contribution in [3.8, 4) is 0 Å². The maximum atomic E-state index is 12.6. The Morgan fingerprint density at radius 2 is 1.80 bits per heavy atom. The van der Waals surface area contributed by atoms with E-state index >= 15 is 0 Å². The molecule has 0 aromatic rings. The van der Waals surface area contributed by atoms with Gasteiger partial charge in [0.25, 0.3) is 5.92 Å². The minimum atomic E-state index is -3.49. The highest BCUT2D eigenvalue weighted by Gasteiger charge is 2.59. The van der Waals surface area contributed by atoms with E-state index in [1.54, 1.807) is 0 Å². The molecule has 0 N–H and O–H groups in total. The first-order chi connectivity index (χ1) is 4.52. The van der Waals surface area contributed by atoms with E-state index < -0.39 is 24.4 Å². The summed E-state index contributed by atoms with van der Waals surface area (Å²) in [5.74, 6) is -3.49. The van der Waals surface area contributed by atoms with Crippen LogP contribution in [0.3, 0.4) is 0 Å². The second kappa shape index (κ2) is 1.97. The third kappa shape index (κ3) is 0.822. The summed E-state index contributed by atoms with van der Waals surface area (Å²) in [6.07, 6.45) is -0.124. The number of rotatable bonds is 1. The molecular weight excluding hydrogens is 145 g/mol. The van der Waals surface area contributed by atoms with Crippen LogP contribution in [0.25, 0.3) is 0 Å². The SMILES string of the molecule is O=[C]C1(F)CCCC1(F)F. The molecule has 10 heavy (non-hydrogen) atoms. The van der Waals surface area contributed by atoms with Crippen LogP contribution in [-0.4, -0.2) is 17.9 Å². The van der Waals surface area contributed by atoms with Crippen molar-refractivity contribution < 1.29 is 18.0 Å². The summed E-state index contributed by atoms with van der Waals surface area (Å²) >= 11 is 0. The monoisotopic (exact) mass is 151 g/mol. The van der Waals surface area contributed by atoms with Gasteiger partial charge in [-0.3, -0.25) is 4.79 Å². The molecule has 0 aliphatic heterocycles. The van der Waals surface area contributed by atoms with Crippen molar-refractivity contribution in [2.75, 3.05) is 0 Å². The van der Waals surface area contributed by atoms with Crippen LogP contribution in [0.15, 0.2) is 0 Å². The van der Waals surface area contributed by atoms with Crippen LogP contribution in [0.5, 0.6) is 0 Å². The van der Waals surface area contributed by atoms with Gasteiger partial charge in [-0.15, -0.1) is 0 Å². The molecule has 1 rings (SSSR count). The average molecular weight is 151 g/mol. The summed E-state index contributed by atoms with van der Waals surface area (Å²) in [6, 6.07) is 0. The largest absolute Gasteiger partial charge is 0.289 e. The van der Waals surface area contributed by atoms with Gasteiger partial charge in [0.15, 0.2) is 0 Å². The number of hydrogen-bond donors (Lipinski definition) is 0. The smallest absolute Gasteiger partial charge is 0.287 e. The van der Waals surface area contributed by atoms with Crippen LogP contribution in [0.2, 0.25) is 0 Å². The molecule has 1 radical (unpaired) electrons. The average Bonchev–Trinajstić information content (AvgIpc) is 2.10. The van der Waals surface area contributed by atoms with Gasteiger partial charge in [0.05, 0.1) is 0 Å². The molecule has 57 valence electrons. The summed E-state index contributed by atoms with van der Waals surface area (Å²) in [5, 5.41) is 0. The lowest BCUT2D eigenvalue weighted by Gasteiger charge is -2.18. The van der Waals surface area contributed by atoms with Crippen molar-refractivity contribution in [2.45, 2.75) is 30.9 Å². The number of halogens is 3. The van der Waals surface area contributed by atoms with Crippen LogP contribution in [0.4, 0.5) is 13.2 Å². The van der Waals surface area contributed by atoms with Gasteiger partial charge in [-0.2, -0.15) is 0 Å². The standard InChI is InChI=1S/C6H6F3O/c7-5(4-10)2-1-3-6(5,8)9/h1-3H2. The van der Waals surface area contributed by atoms with E-state index in [9.17, 15) is 18.0 Å². The van der Waals surface area contributed by atoms with Crippen molar-refractivity contribution in [1.82, 2.24) is 0 Å². The topological polar surface area (TPSA) is 17.1 Å². The van der Waals surface area contributed by atoms with Crippen LogP contribution in [0, 0.1) is 0 Å². The number of alkyl halides is 3. The predicted molar refractivity (Wildman–Crippen MR) is 28.3 cm³/mol. The molecule has 1 aliphatic rings. The number of hydrogen-bond acceptors (Lipinski definition) is 1. The van der Waals surface area contributed by atoms with Crippen molar-refractivity contribution in [3.63, 3.8) is 0 Å². The van der Waals surface area contributed by atoms with Gasteiger partial charge < -0.3 is 0 Å². The van der Waals surface area contributed by atoms with E-state index in [1.165, 1.54) is 0 Å². The Bertz CT molecular complexity index is 157. The Labute approximate surface area is 56.2 Å². The van der Waals surface area contributed by atoms with Crippen LogP contribution in [0.1, 0.15) is 19.3 Å². The Balaban J connectivity index is 2.85. The lowest BCUT2D eigenvalue weighted by Crippen LogP contribution is -2.40. The van der Waals surface area contributed by atoms with Gasteiger partial charge in [0, 0.05) is 6.42 Å². The fraction of sp³-hybridized carbons (Fsp3) is 0.833. The molecule has 0 heterocycles. The summed E-state index contributed by atoms with van der Waals surface area (Å²) in [7, 11) is 0. The van der Waals surface area contributed by atoms with Gasteiger partial charge in [0.1, 0.15) is 0 Å². The van der Waals surface area contributed by atoms with E-state index in [0.717, 1.165) is 6.29 Å². The summed E-state index contributed by atoms with van der Waals surface area (Å²) in [5.41, 5.74) is -3.01. The summed E-state index contributed by atoms with van der Waals surface area (Å²) in [6.45, 7) is 0. The van der Waals surface area contributed by atoms with Crippen LogP contribution < -0.4 is 0 Å². The van der Waals surface area contributed by atoms with E-state index in [1.807, 2.05) is 0 Å². The molecule has 0 bridgehead atoms. The van der Waals surface area contributed by atoms with Crippen LogP contribution >= 0.6 is 0 Å². The van der Waals surface area contributed by atoms with Gasteiger partial charge in [-0.25, -0.2) is 13.2 Å². The third-order valence-electron chi connectivity index (χ3n) is 1.75. The minimum absolute atomic E-state index is 0.0543. The lowest BCUT2D eigenvalue weighted by atomic mass is 10.0. The van der Waals surface area contributed by atoms with Gasteiger partial charge in [-0.05, 0) is 12.8 Å². The Hall–Kier alpha value is -0.540. The highest BCUT2D eigenvalue weighted by molar-refractivity contribution is 5.65. The molecule has 0 amide bonds. The van der Waals surface area contributed by atoms with E-state index in [0.29, 0.717) is 0 Å². The molecule has 1 saturated carbocycles. The maximum absolute atomic E-state index is 12.6. The zero-order valence-corrected chi connectivity index (χ0v) is 5.16. The zero-order valence-electron chi connectivity index (χ0n) is 5.16. The molecule has 1 unspecified atom stereocenters. The molecule has 0 aromatic carbocycles. The highest BCUT2D eigenvalue weighted by Crippen LogP contribution is 2.44. The molecule has 1 fully saturated rings. The molecule has 0 spiro atoms. The van der Waals surface area contributed by atoms with Crippen molar-refractivity contribution in [2.24, 2.45) is 0 Å². The first-order valence-electron chi connectivity index (χ1n) is 2.98. The van der Waals surface area contributed by atoms with E-state index in [2.05, 4.69) is 0 Å². The molecule has 0 aromatic heterocycles. The maximum Gasteiger partial charge on any atom is 0.289 e. The highest BCUT2D eigenvalue weighted by atomic mass is 19.3. The Morgan fingerprint density at radius 1 is 1.20 bits per heavy atom. The molecule has 1 atom stereocenters. The van der Waals surface area contributed by atoms with Gasteiger partial charge >= 0.3 is 0 Å². The molecule has 1 aliphatic carbocycles. The van der Waals surface area contributed by atoms with Crippen LogP contribution in [-0.2, 0) is 4.79 Å². The molecule has 0 saturated heterocycles. The first kappa shape index (κ1) is 7.57. The quantitative estimate of drug-likeness (QED) is 0.556. The summed E-state index contributed by atoms with van der Waals surface area (Å²) in [4.78, 5) is 9.76. The fourth-order valence-corrected chi connectivity index (χ4v) is 1.06. The van der Waals surface area contributed by atoms with Gasteiger partial charge in [-0.1, -0.05) is 0 Å². The molecule has 4 heteroatoms. The van der Waals surface area contributed by atoms with E-state index in [-0.39, 0.29) is 6.42 Å². The predicted octanol–water partition coefficient (Wildman–Crippen LogP) is 1.62. The molecular formula is C6H6F3O. The van der Waals surface area contributed by atoms with E-state index in [4.69, 9.17) is 0 Å². The Kier molecular flexibility index (Phi) is 1.49. The normalized spacial score (nSPS) is 37.9. The second-order valence-electron chi connectivity index (χ2n) is 2.46. The zero-order chi connectivity index (χ0) is 7.83. The first-order valence-corrected chi connectivity index (χ1v) is 2.98. The van der Waals surface area contributed by atoms with Gasteiger partial charge in [0.2, 0.25) is 12.0 Å². The van der Waals surface area contributed by atoms with Crippen molar-refractivity contribution in [1.29, 1.82) is 0 Å². The fourth-order valence-electron chi connectivity index (χ4n) is 1.06. The van der Waals surface area contributed by atoms with Crippen molar-refractivity contribution >= 4 is 6.29 Å². The third-order valence-corrected chi connectivity index (χ3v) is 1.75. The molecule has 1 nitrogen and oxygen atoms in total. The Morgan fingerprint density at radius 3 is 2.00 bits per heavy atom. The minimum Gasteiger partial charge on any atom is -0.287 e. The van der Waals surface area contributed by atoms with Crippen molar-refractivity contribution in [3.05, 3.63) is 0 Å². The lowest BCUT2D eigenvalue weighted by molar-refractivity contribution is -0.0796. The summed E-state index contributed by atoms with van der Waals surface area (Å²) < 4.78 is 37.4. The number of carbonyl (C=O) groups excluding carboxylic acids is 1. The second-order valence-corrected chi connectivity index (χ2v) is 2.46.